The van der Waals surface area contributed by atoms with Crippen molar-refractivity contribution < 1.29 is 9.53 Å². The second-order valence-corrected chi connectivity index (χ2v) is 3.01. The molecule has 0 aromatic rings. The van der Waals surface area contributed by atoms with Crippen LogP contribution in [0.3, 0.4) is 0 Å². The fraction of sp³-hybridized carbons (Fsp3) is 0.778. The molecule has 1 saturated heterocycles. The van der Waals surface area contributed by atoms with Gasteiger partial charge in [0, 0.05) is 13.2 Å². The Morgan fingerprint density at radius 2 is 2.54 bits per heavy atom. The summed E-state index contributed by atoms with van der Waals surface area (Å²) >= 11 is 0. The first-order valence-corrected chi connectivity index (χ1v) is 4.56. The molecular weight excluding hydrogens is 168 g/mol. The quantitative estimate of drug-likeness (QED) is 0.640. The van der Waals surface area contributed by atoms with Crippen LogP contribution in [0.25, 0.3) is 0 Å². The molecule has 1 aliphatic rings. The normalized spacial score (nSPS) is 21.5. The van der Waals surface area contributed by atoms with Crippen LogP contribution in [0.2, 0.25) is 0 Å². The number of ether oxygens (including phenoxy) is 1. The third-order valence-electron chi connectivity index (χ3n) is 2.15. The van der Waals surface area contributed by atoms with Gasteiger partial charge in [-0.25, -0.2) is 0 Å². The van der Waals surface area contributed by atoms with Crippen molar-refractivity contribution in [2.24, 2.45) is 0 Å². The number of nitrogens with zero attached hydrogens (tertiary/aromatic N) is 2. The minimum absolute atomic E-state index is 0.0640. The van der Waals surface area contributed by atoms with E-state index in [-0.39, 0.29) is 18.6 Å². The molecule has 1 fully saturated rings. The van der Waals surface area contributed by atoms with Gasteiger partial charge in [0.05, 0.1) is 6.07 Å². The summed E-state index contributed by atoms with van der Waals surface area (Å²) in [5.41, 5.74) is 0. The number of likely N-dealkylation sites (tertiary alicyclic amines) is 1. The summed E-state index contributed by atoms with van der Waals surface area (Å²) < 4.78 is 5.00. The summed E-state index contributed by atoms with van der Waals surface area (Å²) in [6, 6.07) is 1.89. The van der Waals surface area contributed by atoms with E-state index >= 15 is 0 Å². The highest BCUT2D eigenvalue weighted by Gasteiger charge is 2.27. The number of nitriles is 1. The van der Waals surface area contributed by atoms with E-state index < -0.39 is 0 Å². The topological polar surface area (TPSA) is 53.3 Å². The van der Waals surface area contributed by atoms with Gasteiger partial charge in [-0.3, -0.25) is 4.79 Å². The molecule has 0 aliphatic carbocycles. The molecular formula is C9H14N2O2. The minimum Gasteiger partial charge on any atom is -0.372 e. The lowest BCUT2D eigenvalue weighted by atomic mass is 10.2. The number of amides is 1. The monoisotopic (exact) mass is 182 g/mol. The fourth-order valence-electron chi connectivity index (χ4n) is 1.47. The Morgan fingerprint density at radius 3 is 3.15 bits per heavy atom. The molecule has 13 heavy (non-hydrogen) atoms. The number of hydrogen-bond acceptors (Lipinski definition) is 3. The lowest BCUT2D eigenvalue weighted by Crippen LogP contribution is -2.37. The predicted molar refractivity (Wildman–Crippen MR) is 46.8 cm³/mol. The second-order valence-electron chi connectivity index (χ2n) is 3.01. The Balaban J connectivity index is 2.42. The zero-order chi connectivity index (χ0) is 9.68. The lowest BCUT2D eigenvalue weighted by molar-refractivity contribution is -0.135. The van der Waals surface area contributed by atoms with Gasteiger partial charge in [-0.2, -0.15) is 5.26 Å². The van der Waals surface area contributed by atoms with E-state index in [1.807, 2.05) is 6.92 Å². The maximum atomic E-state index is 11.4. The van der Waals surface area contributed by atoms with E-state index in [9.17, 15) is 4.79 Å². The minimum atomic E-state index is -0.229. The summed E-state index contributed by atoms with van der Waals surface area (Å²) in [4.78, 5) is 13.0. The van der Waals surface area contributed by atoms with Crippen LogP contribution in [-0.4, -0.2) is 36.6 Å². The van der Waals surface area contributed by atoms with Crippen LogP contribution in [0.1, 0.15) is 19.8 Å². The SMILES string of the molecule is CCOCC(=O)N1CCCC1C#N. The van der Waals surface area contributed by atoms with Crippen molar-refractivity contribution in [3.63, 3.8) is 0 Å². The Bertz CT molecular complexity index is 222. The van der Waals surface area contributed by atoms with Gasteiger partial charge in [0.2, 0.25) is 5.91 Å². The first-order valence-electron chi connectivity index (χ1n) is 4.56. The van der Waals surface area contributed by atoms with Crippen LogP contribution < -0.4 is 0 Å². The zero-order valence-corrected chi connectivity index (χ0v) is 7.82. The molecule has 0 radical (unpaired) electrons. The van der Waals surface area contributed by atoms with Crippen LogP contribution in [0.15, 0.2) is 0 Å². The molecule has 0 aromatic carbocycles. The van der Waals surface area contributed by atoms with Gasteiger partial charge in [-0.15, -0.1) is 0 Å². The molecule has 0 saturated carbocycles. The van der Waals surface area contributed by atoms with Gasteiger partial charge in [0.1, 0.15) is 12.6 Å². The Labute approximate surface area is 78.1 Å². The summed E-state index contributed by atoms with van der Waals surface area (Å²) in [5.74, 6) is -0.0640. The van der Waals surface area contributed by atoms with Crippen LogP contribution in [0.5, 0.6) is 0 Å². The smallest absolute Gasteiger partial charge is 0.249 e. The van der Waals surface area contributed by atoms with Crippen molar-refractivity contribution in [3.05, 3.63) is 0 Å². The highest BCUT2D eigenvalue weighted by atomic mass is 16.5. The molecule has 1 heterocycles. The number of hydrogen-bond donors (Lipinski definition) is 0. The van der Waals surface area contributed by atoms with Crippen LogP contribution in [0.4, 0.5) is 0 Å². The van der Waals surface area contributed by atoms with Crippen LogP contribution in [-0.2, 0) is 9.53 Å². The summed E-state index contributed by atoms with van der Waals surface area (Å²) in [7, 11) is 0. The van der Waals surface area contributed by atoms with Gasteiger partial charge in [-0.05, 0) is 19.8 Å². The fourth-order valence-corrected chi connectivity index (χ4v) is 1.47. The molecule has 4 heteroatoms. The van der Waals surface area contributed by atoms with E-state index in [1.54, 1.807) is 4.90 Å². The zero-order valence-electron chi connectivity index (χ0n) is 7.82. The Morgan fingerprint density at radius 1 is 1.77 bits per heavy atom. The average molecular weight is 182 g/mol. The second kappa shape index (κ2) is 4.83. The summed E-state index contributed by atoms with van der Waals surface area (Å²) in [5, 5.41) is 8.73. The number of carbonyl (C=O) groups excluding carboxylic acids is 1. The van der Waals surface area contributed by atoms with E-state index in [0.717, 1.165) is 12.8 Å². The molecule has 1 aliphatic heterocycles. The standard InChI is InChI=1S/C9H14N2O2/c1-2-13-7-9(12)11-5-3-4-8(11)6-10/h8H,2-5,7H2,1H3. The number of carbonyl (C=O) groups is 1. The lowest BCUT2D eigenvalue weighted by Gasteiger charge is -2.18. The summed E-state index contributed by atoms with van der Waals surface area (Å²) in [6.07, 6.45) is 1.73. The maximum Gasteiger partial charge on any atom is 0.249 e. The predicted octanol–water partition coefficient (Wildman–Crippen LogP) is 0.537. The van der Waals surface area contributed by atoms with Crippen molar-refractivity contribution in [3.8, 4) is 6.07 Å². The van der Waals surface area contributed by atoms with Crippen molar-refractivity contribution in [2.75, 3.05) is 19.8 Å². The highest BCUT2D eigenvalue weighted by Crippen LogP contribution is 2.16. The van der Waals surface area contributed by atoms with Crippen LogP contribution >= 0.6 is 0 Å². The third-order valence-corrected chi connectivity index (χ3v) is 2.15. The van der Waals surface area contributed by atoms with Gasteiger partial charge in [0.15, 0.2) is 0 Å². The van der Waals surface area contributed by atoms with Crippen molar-refractivity contribution >= 4 is 5.91 Å². The van der Waals surface area contributed by atoms with Gasteiger partial charge >= 0.3 is 0 Å². The third kappa shape index (κ3) is 2.43. The Kier molecular flexibility index (Phi) is 3.71. The van der Waals surface area contributed by atoms with Crippen molar-refractivity contribution in [2.45, 2.75) is 25.8 Å². The average Bonchev–Trinajstić information content (AvgIpc) is 2.61. The van der Waals surface area contributed by atoms with E-state index in [4.69, 9.17) is 10.00 Å². The van der Waals surface area contributed by atoms with E-state index in [2.05, 4.69) is 6.07 Å². The van der Waals surface area contributed by atoms with Crippen molar-refractivity contribution in [1.29, 1.82) is 5.26 Å². The van der Waals surface area contributed by atoms with Crippen LogP contribution in [0, 0.1) is 11.3 Å². The molecule has 0 N–H and O–H groups in total. The van der Waals surface area contributed by atoms with Gasteiger partial charge in [0.25, 0.3) is 0 Å². The first kappa shape index (κ1) is 10.0. The molecule has 1 rings (SSSR count). The molecule has 0 aromatic heterocycles. The Hall–Kier alpha value is -1.08. The summed E-state index contributed by atoms with van der Waals surface area (Å²) in [6.45, 7) is 3.19. The van der Waals surface area contributed by atoms with E-state index in [1.165, 1.54) is 0 Å². The molecule has 1 unspecified atom stereocenters. The molecule has 1 amide bonds. The molecule has 72 valence electrons. The number of rotatable bonds is 3. The molecule has 0 bridgehead atoms. The molecule has 4 nitrogen and oxygen atoms in total. The largest absolute Gasteiger partial charge is 0.372 e. The van der Waals surface area contributed by atoms with Gasteiger partial charge < -0.3 is 9.64 Å². The van der Waals surface area contributed by atoms with Crippen molar-refractivity contribution in [1.82, 2.24) is 4.90 Å². The first-order chi connectivity index (χ1) is 6.29. The van der Waals surface area contributed by atoms with E-state index in [0.29, 0.717) is 13.2 Å². The highest BCUT2D eigenvalue weighted by molar-refractivity contribution is 5.78. The van der Waals surface area contributed by atoms with Gasteiger partial charge in [-0.1, -0.05) is 0 Å². The molecule has 1 atom stereocenters. The maximum absolute atomic E-state index is 11.4. The molecule has 0 spiro atoms.